The maximum absolute atomic E-state index is 14.7. The number of rotatable bonds is 6. The highest BCUT2D eigenvalue weighted by Gasteiger charge is 2.44. The van der Waals surface area contributed by atoms with Crippen molar-refractivity contribution in [1.82, 2.24) is 0 Å². The highest BCUT2D eigenvalue weighted by Crippen LogP contribution is 2.46. The van der Waals surface area contributed by atoms with E-state index in [-0.39, 0.29) is 17.7 Å². The number of hydrogen-bond acceptors (Lipinski definition) is 8. The topological polar surface area (TPSA) is 115 Å². The molecule has 0 spiro atoms. The minimum atomic E-state index is -5.09. The molecular formula is C29H19F6N3O5. The largest absolute Gasteiger partial charge is 0.466 e. The van der Waals surface area contributed by atoms with Crippen LogP contribution >= 0.6 is 0 Å². The number of alkyl halides is 3. The Bertz CT molecular complexity index is 1690. The summed E-state index contributed by atoms with van der Waals surface area (Å²) in [5, 5.41) is 10.1. The van der Waals surface area contributed by atoms with Gasteiger partial charge in [-0.05, 0) is 29.8 Å². The van der Waals surface area contributed by atoms with E-state index in [1.165, 1.54) is 0 Å². The molecule has 1 aliphatic heterocycles. The van der Waals surface area contributed by atoms with E-state index in [1.54, 1.807) is 30.3 Å². The van der Waals surface area contributed by atoms with Gasteiger partial charge in [-0.1, -0.05) is 30.3 Å². The van der Waals surface area contributed by atoms with Gasteiger partial charge in [-0.25, -0.2) is 22.8 Å². The van der Waals surface area contributed by atoms with Crippen molar-refractivity contribution < 1.29 is 50.1 Å². The number of carbonyl (C=O) groups is 2. The molecule has 0 aromatic heterocycles. The molecule has 3 aromatic rings. The third-order valence-electron chi connectivity index (χ3n) is 6.31. The van der Waals surface area contributed by atoms with Gasteiger partial charge in [0.05, 0.1) is 48.6 Å². The van der Waals surface area contributed by atoms with E-state index in [2.05, 4.69) is 0 Å². The third-order valence-corrected chi connectivity index (χ3v) is 6.31. The molecule has 0 saturated carbocycles. The maximum atomic E-state index is 14.7. The van der Waals surface area contributed by atoms with Crippen LogP contribution in [0.2, 0.25) is 0 Å². The number of benzene rings is 3. The number of hydrogen-bond donors (Lipinski definition) is 1. The first-order chi connectivity index (χ1) is 20.3. The highest BCUT2D eigenvalue weighted by atomic mass is 19.4. The fourth-order valence-electron chi connectivity index (χ4n) is 4.45. The van der Waals surface area contributed by atoms with Gasteiger partial charge in [0.2, 0.25) is 0 Å². The van der Waals surface area contributed by atoms with Gasteiger partial charge in [-0.2, -0.15) is 18.4 Å². The minimum absolute atomic E-state index is 0.0279. The average molecular weight is 603 g/mol. The molecular weight excluding hydrogens is 584 g/mol. The lowest BCUT2D eigenvalue weighted by molar-refractivity contribution is -0.139. The highest BCUT2D eigenvalue weighted by molar-refractivity contribution is 6.06. The number of methoxy groups -OCH3 is 2. The first kappa shape index (κ1) is 30.5. The van der Waals surface area contributed by atoms with Crippen molar-refractivity contribution in [2.75, 3.05) is 19.1 Å². The van der Waals surface area contributed by atoms with Crippen molar-refractivity contribution in [2.45, 2.75) is 12.1 Å². The number of esters is 2. The van der Waals surface area contributed by atoms with E-state index in [4.69, 9.17) is 19.9 Å². The number of nitriles is 1. The summed E-state index contributed by atoms with van der Waals surface area (Å²) in [7, 11) is 1.97. The number of carbonyl (C=O) groups excluding carboxylic acids is 2. The number of nitrogens with two attached hydrogens (primary N) is 1. The summed E-state index contributed by atoms with van der Waals surface area (Å²) in [6, 6.07) is 12.1. The second-order valence-electron chi connectivity index (χ2n) is 8.82. The summed E-state index contributed by atoms with van der Waals surface area (Å²) in [6.45, 7) is 0. The standard InChI is InChI=1S/C29H19F6N3O5/c1-41-27(39)23-22(14-6-4-3-5-7-14)17(13-36)26(37)38(24(23)28(40)42-2)20-9-8-16(30)12-21(20)43-25-18(31)10-15(11-19(25)32)29(33,34)35/h3-12,22H,37H2,1-2H3. The SMILES string of the molecule is COC(=O)C1=C(C(=O)OC)N(c2ccc(F)cc2Oc2c(F)cc(C(F)(F)F)cc2F)C(N)=C(C#N)C1c1ccccc1. The normalized spacial score (nSPS) is 15.2. The van der Waals surface area contributed by atoms with Crippen LogP contribution in [-0.4, -0.2) is 26.2 Å². The second kappa shape index (κ2) is 11.8. The zero-order valence-electron chi connectivity index (χ0n) is 22.1. The summed E-state index contributed by atoms with van der Waals surface area (Å²) in [4.78, 5) is 27.2. The summed E-state index contributed by atoms with van der Waals surface area (Å²) in [5.41, 5.74) is 3.27. The Labute approximate surface area is 239 Å². The number of nitrogens with zero attached hydrogens (tertiary/aromatic N) is 2. The zero-order valence-corrected chi connectivity index (χ0v) is 22.1. The number of allylic oxidation sites excluding steroid dienone is 1. The first-order valence-corrected chi connectivity index (χ1v) is 12.0. The van der Waals surface area contributed by atoms with Gasteiger partial charge in [0.25, 0.3) is 0 Å². The molecule has 3 aromatic carbocycles. The lowest BCUT2D eigenvalue weighted by atomic mass is 9.81. The number of halogens is 6. The maximum Gasteiger partial charge on any atom is 0.416 e. The molecule has 0 amide bonds. The zero-order chi connectivity index (χ0) is 31.6. The Morgan fingerprint density at radius 3 is 2.07 bits per heavy atom. The van der Waals surface area contributed by atoms with E-state index < -0.39 is 81.3 Å². The van der Waals surface area contributed by atoms with Crippen molar-refractivity contribution in [3.05, 3.63) is 112 Å². The van der Waals surface area contributed by atoms with E-state index in [0.29, 0.717) is 11.6 Å². The van der Waals surface area contributed by atoms with Crippen molar-refractivity contribution in [3.8, 4) is 17.6 Å². The number of anilines is 1. The molecule has 0 bridgehead atoms. The van der Waals surface area contributed by atoms with Gasteiger partial charge in [-0.3, -0.25) is 4.90 Å². The Balaban J connectivity index is 2.02. The van der Waals surface area contributed by atoms with Crippen LogP contribution in [0.15, 0.2) is 83.3 Å². The summed E-state index contributed by atoms with van der Waals surface area (Å²) < 4.78 is 98.1. The Morgan fingerprint density at radius 2 is 1.53 bits per heavy atom. The number of ether oxygens (including phenoxy) is 3. The van der Waals surface area contributed by atoms with Crippen molar-refractivity contribution in [1.29, 1.82) is 5.26 Å². The van der Waals surface area contributed by atoms with Crippen molar-refractivity contribution in [3.63, 3.8) is 0 Å². The molecule has 0 saturated heterocycles. The average Bonchev–Trinajstić information content (AvgIpc) is 2.97. The summed E-state index contributed by atoms with van der Waals surface area (Å²) in [6.07, 6.45) is -5.09. The molecule has 4 rings (SSSR count). The van der Waals surface area contributed by atoms with Gasteiger partial charge in [-0.15, -0.1) is 0 Å². The van der Waals surface area contributed by atoms with Gasteiger partial charge in [0, 0.05) is 6.07 Å². The Kier molecular flexibility index (Phi) is 8.38. The fraction of sp³-hybridized carbons (Fsp3) is 0.138. The Hall–Kier alpha value is -5.45. The molecule has 1 atom stereocenters. The molecule has 2 N–H and O–H groups in total. The van der Waals surface area contributed by atoms with Crippen LogP contribution < -0.4 is 15.4 Å². The van der Waals surface area contributed by atoms with Crippen LogP contribution in [0.1, 0.15) is 17.0 Å². The van der Waals surface area contributed by atoms with Crippen LogP contribution in [0.3, 0.4) is 0 Å². The Morgan fingerprint density at radius 1 is 0.930 bits per heavy atom. The van der Waals surface area contributed by atoms with Crippen LogP contribution in [0.5, 0.6) is 11.5 Å². The van der Waals surface area contributed by atoms with Crippen LogP contribution in [-0.2, 0) is 25.2 Å². The van der Waals surface area contributed by atoms with Gasteiger partial charge >= 0.3 is 18.1 Å². The van der Waals surface area contributed by atoms with Crippen molar-refractivity contribution in [2.24, 2.45) is 5.73 Å². The predicted molar refractivity (Wildman–Crippen MR) is 137 cm³/mol. The lowest BCUT2D eigenvalue weighted by Gasteiger charge is -2.36. The predicted octanol–water partition coefficient (Wildman–Crippen LogP) is 5.81. The second-order valence-corrected chi connectivity index (χ2v) is 8.82. The van der Waals surface area contributed by atoms with Gasteiger partial charge in [0.1, 0.15) is 17.3 Å². The molecule has 222 valence electrons. The third kappa shape index (κ3) is 5.69. The molecule has 1 heterocycles. The molecule has 0 radical (unpaired) electrons. The monoisotopic (exact) mass is 603 g/mol. The van der Waals surface area contributed by atoms with Crippen LogP contribution in [0.25, 0.3) is 0 Å². The van der Waals surface area contributed by atoms with Gasteiger partial charge in [0.15, 0.2) is 23.1 Å². The van der Waals surface area contributed by atoms with Gasteiger partial charge < -0.3 is 19.9 Å². The summed E-state index contributed by atoms with van der Waals surface area (Å²) in [5.74, 6) is -10.8. The minimum Gasteiger partial charge on any atom is -0.466 e. The lowest BCUT2D eigenvalue weighted by Crippen LogP contribution is -2.41. The van der Waals surface area contributed by atoms with E-state index in [0.717, 1.165) is 31.3 Å². The van der Waals surface area contributed by atoms with E-state index in [1.807, 2.05) is 6.07 Å². The van der Waals surface area contributed by atoms with E-state index >= 15 is 0 Å². The molecule has 1 unspecified atom stereocenters. The molecule has 0 aliphatic carbocycles. The van der Waals surface area contributed by atoms with Crippen LogP contribution in [0, 0.1) is 28.8 Å². The quantitative estimate of drug-likeness (QED) is 0.277. The molecule has 1 aliphatic rings. The molecule has 0 fully saturated rings. The smallest absolute Gasteiger partial charge is 0.416 e. The first-order valence-electron chi connectivity index (χ1n) is 12.0. The van der Waals surface area contributed by atoms with E-state index in [9.17, 15) is 41.2 Å². The van der Waals surface area contributed by atoms with Crippen molar-refractivity contribution >= 4 is 17.6 Å². The fourth-order valence-corrected chi connectivity index (χ4v) is 4.45. The molecule has 14 heteroatoms. The summed E-state index contributed by atoms with van der Waals surface area (Å²) >= 11 is 0. The molecule has 43 heavy (non-hydrogen) atoms. The van der Waals surface area contributed by atoms with Crippen LogP contribution in [0.4, 0.5) is 32.0 Å². The molecule has 8 nitrogen and oxygen atoms in total.